The first-order chi connectivity index (χ1) is 19.0. The highest BCUT2D eigenvalue weighted by Gasteiger charge is 2.31. The third-order valence-corrected chi connectivity index (χ3v) is 7.99. The Morgan fingerprint density at radius 1 is 1.18 bits per heavy atom. The van der Waals surface area contributed by atoms with Gasteiger partial charge in [-0.3, -0.25) is 9.51 Å². The quantitative estimate of drug-likeness (QED) is 0.359. The van der Waals surface area contributed by atoms with E-state index in [1.165, 1.54) is 12.8 Å². The minimum atomic E-state index is -0.675. The third-order valence-electron chi connectivity index (χ3n) is 7.75. The van der Waals surface area contributed by atoms with Crippen LogP contribution in [0.15, 0.2) is 33.6 Å². The Kier molecular flexibility index (Phi) is 7.37. The van der Waals surface area contributed by atoms with Gasteiger partial charge in [0.25, 0.3) is 0 Å². The number of aromatic amines is 1. The second-order valence-corrected chi connectivity index (χ2v) is 11.0. The number of H-pyrrole nitrogens is 1. The number of anilines is 1. The maximum atomic E-state index is 11.7. The Hall–Kier alpha value is -3.28. The topological polar surface area (TPSA) is 124 Å². The smallest absolute Gasteiger partial charge is 0.382 e. The zero-order chi connectivity index (χ0) is 26.9. The summed E-state index contributed by atoms with van der Waals surface area (Å²) in [5, 5.41) is 4.42. The number of morpholine rings is 1. The molecule has 12 heteroatoms. The van der Waals surface area contributed by atoms with Crippen molar-refractivity contribution in [1.82, 2.24) is 29.7 Å². The molecule has 1 aliphatic heterocycles. The molecule has 0 unspecified atom stereocenters. The molecule has 2 fully saturated rings. The van der Waals surface area contributed by atoms with Gasteiger partial charge in [0, 0.05) is 30.8 Å². The predicted molar refractivity (Wildman–Crippen MR) is 147 cm³/mol. The van der Waals surface area contributed by atoms with Crippen molar-refractivity contribution in [1.29, 1.82) is 0 Å². The van der Waals surface area contributed by atoms with Gasteiger partial charge in [-0.15, -0.1) is 0 Å². The van der Waals surface area contributed by atoms with Crippen molar-refractivity contribution in [3.8, 4) is 22.9 Å². The molecule has 0 spiro atoms. The van der Waals surface area contributed by atoms with E-state index in [4.69, 9.17) is 40.5 Å². The van der Waals surface area contributed by atoms with Crippen LogP contribution in [0.2, 0.25) is 5.02 Å². The lowest BCUT2D eigenvalue weighted by Crippen LogP contribution is -2.49. The van der Waals surface area contributed by atoms with E-state index < -0.39 is 5.76 Å². The highest BCUT2D eigenvalue weighted by atomic mass is 35.5. The van der Waals surface area contributed by atoms with Crippen LogP contribution < -0.4 is 10.7 Å². The summed E-state index contributed by atoms with van der Waals surface area (Å²) in [4.78, 5) is 31.3. The molecule has 206 valence electrons. The lowest BCUT2D eigenvalue weighted by atomic mass is 9.83. The molecule has 1 saturated carbocycles. The molecule has 0 radical (unpaired) electrons. The molecule has 0 amide bonds. The molecule has 0 bridgehead atoms. The number of hydrogen-bond acceptors (Lipinski definition) is 9. The predicted octanol–water partition coefficient (Wildman–Crippen LogP) is 4.17. The number of halogens is 1. The number of ether oxygens (including phenoxy) is 2. The van der Waals surface area contributed by atoms with E-state index in [0.29, 0.717) is 48.6 Å². The molecule has 6 rings (SSSR count). The Morgan fingerprint density at radius 3 is 2.77 bits per heavy atom. The SMILES string of the molecule is COC[C@@H]1COCCN1c1nc2nc(-c3noc(=O)[nH]3)nc(-c3cccc(Cl)c3)c2n1CC1CCC(C)CC1. The number of fused-ring (bicyclic) bond motifs is 1. The highest BCUT2D eigenvalue weighted by Crippen LogP contribution is 2.37. The molecular formula is C27H32ClN7O4. The summed E-state index contributed by atoms with van der Waals surface area (Å²) < 4.78 is 18.4. The van der Waals surface area contributed by atoms with Gasteiger partial charge in [0.05, 0.1) is 25.9 Å². The summed E-state index contributed by atoms with van der Waals surface area (Å²) in [7, 11) is 1.70. The van der Waals surface area contributed by atoms with Crippen molar-refractivity contribution in [2.24, 2.45) is 11.8 Å². The van der Waals surface area contributed by atoms with E-state index >= 15 is 0 Å². The normalized spacial score (nSPS) is 22.0. The number of imidazole rings is 1. The van der Waals surface area contributed by atoms with Gasteiger partial charge in [-0.1, -0.05) is 48.7 Å². The summed E-state index contributed by atoms with van der Waals surface area (Å²) in [6.07, 6.45) is 4.77. The molecule has 2 aliphatic rings. The minimum absolute atomic E-state index is 0.0136. The van der Waals surface area contributed by atoms with Gasteiger partial charge in [0.15, 0.2) is 5.65 Å². The van der Waals surface area contributed by atoms with Crippen LogP contribution in [0.3, 0.4) is 0 Å². The van der Waals surface area contributed by atoms with Crippen molar-refractivity contribution >= 4 is 28.7 Å². The van der Waals surface area contributed by atoms with Crippen LogP contribution in [-0.4, -0.2) is 69.2 Å². The van der Waals surface area contributed by atoms with Gasteiger partial charge in [0.2, 0.25) is 17.6 Å². The largest absolute Gasteiger partial charge is 0.439 e. The van der Waals surface area contributed by atoms with Crippen LogP contribution in [0.4, 0.5) is 5.95 Å². The number of benzene rings is 1. The lowest BCUT2D eigenvalue weighted by molar-refractivity contribution is 0.0589. The van der Waals surface area contributed by atoms with Crippen molar-refractivity contribution in [2.45, 2.75) is 45.2 Å². The number of hydrogen-bond donors (Lipinski definition) is 1. The van der Waals surface area contributed by atoms with E-state index in [1.54, 1.807) is 7.11 Å². The van der Waals surface area contributed by atoms with Gasteiger partial charge in [-0.2, -0.15) is 4.98 Å². The fraction of sp³-hybridized carbons (Fsp3) is 0.519. The fourth-order valence-corrected chi connectivity index (χ4v) is 5.89. The summed E-state index contributed by atoms with van der Waals surface area (Å²) in [6, 6.07) is 7.57. The number of methoxy groups -OCH3 is 1. The number of nitrogens with one attached hydrogen (secondary N) is 1. The van der Waals surface area contributed by atoms with Crippen LogP contribution in [0.5, 0.6) is 0 Å². The van der Waals surface area contributed by atoms with Gasteiger partial charge in [-0.25, -0.2) is 14.8 Å². The molecule has 1 saturated heterocycles. The Morgan fingerprint density at radius 2 is 2.03 bits per heavy atom. The molecule has 1 aromatic carbocycles. The van der Waals surface area contributed by atoms with E-state index in [-0.39, 0.29) is 17.7 Å². The van der Waals surface area contributed by atoms with Gasteiger partial charge >= 0.3 is 5.76 Å². The van der Waals surface area contributed by atoms with Crippen LogP contribution in [-0.2, 0) is 16.0 Å². The average molecular weight is 554 g/mol. The first-order valence-electron chi connectivity index (χ1n) is 13.4. The molecule has 1 aliphatic carbocycles. The fourth-order valence-electron chi connectivity index (χ4n) is 5.70. The van der Waals surface area contributed by atoms with Gasteiger partial charge < -0.3 is 18.9 Å². The molecule has 39 heavy (non-hydrogen) atoms. The van der Waals surface area contributed by atoms with E-state index in [1.807, 2.05) is 24.3 Å². The number of rotatable bonds is 7. The van der Waals surface area contributed by atoms with Gasteiger partial charge in [0.1, 0.15) is 11.2 Å². The van der Waals surface area contributed by atoms with Crippen molar-refractivity contribution in [3.63, 3.8) is 0 Å². The summed E-state index contributed by atoms with van der Waals surface area (Å²) in [6.45, 7) is 5.48. The molecule has 3 aromatic heterocycles. The maximum Gasteiger partial charge on any atom is 0.439 e. The van der Waals surface area contributed by atoms with Crippen molar-refractivity contribution in [2.75, 3.05) is 38.4 Å². The summed E-state index contributed by atoms with van der Waals surface area (Å²) >= 11 is 6.42. The third kappa shape index (κ3) is 5.30. The molecule has 1 N–H and O–H groups in total. The summed E-state index contributed by atoms with van der Waals surface area (Å²) in [5.74, 6) is 1.78. The zero-order valence-electron chi connectivity index (χ0n) is 22.1. The van der Waals surface area contributed by atoms with Crippen LogP contribution in [0, 0.1) is 11.8 Å². The lowest BCUT2D eigenvalue weighted by Gasteiger charge is -2.37. The second kappa shape index (κ2) is 11.1. The number of nitrogens with zero attached hydrogens (tertiary/aromatic N) is 6. The van der Waals surface area contributed by atoms with Crippen molar-refractivity contribution in [3.05, 3.63) is 39.8 Å². The molecular weight excluding hydrogens is 522 g/mol. The molecule has 4 heterocycles. The zero-order valence-corrected chi connectivity index (χ0v) is 22.9. The van der Waals surface area contributed by atoms with Crippen LogP contribution in [0.25, 0.3) is 34.1 Å². The standard InChI is InChI=1S/C27H32ClN7O4/c1-16-6-8-17(9-7-16)13-35-22-21(18-4-3-5-19(28)12-18)29-24(25-32-27(36)39-33-25)30-23(22)31-26(35)34-10-11-38-15-20(34)14-37-2/h3-5,12,16-17,20H,6-11,13-15H2,1-2H3,(H,32,33,36)/t16?,17?,20-/m1/s1. The van der Waals surface area contributed by atoms with Gasteiger partial charge in [-0.05, 0) is 36.8 Å². The Labute approximate surface area is 230 Å². The van der Waals surface area contributed by atoms with E-state index in [2.05, 4.69) is 26.5 Å². The van der Waals surface area contributed by atoms with Crippen molar-refractivity contribution < 1.29 is 14.0 Å². The first-order valence-corrected chi connectivity index (χ1v) is 13.8. The first kappa shape index (κ1) is 26.0. The van der Waals surface area contributed by atoms with Crippen LogP contribution in [0.1, 0.15) is 32.6 Å². The average Bonchev–Trinajstić information content (AvgIpc) is 3.53. The second-order valence-electron chi connectivity index (χ2n) is 10.5. The monoisotopic (exact) mass is 553 g/mol. The molecule has 11 nitrogen and oxygen atoms in total. The minimum Gasteiger partial charge on any atom is -0.382 e. The Balaban J connectivity index is 1.57. The maximum absolute atomic E-state index is 11.7. The van der Waals surface area contributed by atoms with E-state index in [9.17, 15) is 4.79 Å². The molecule has 1 atom stereocenters. The highest BCUT2D eigenvalue weighted by molar-refractivity contribution is 6.30. The number of aromatic nitrogens is 6. The van der Waals surface area contributed by atoms with E-state index in [0.717, 1.165) is 42.3 Å². The molecule has 4 aromatic rings. The Bertz CT molecular complexity index is 1510. The van der Waals surface area contributed by atoms with Crippen LogP contribution >= 0.6 is 11.6 Å². The summed E-state index contributed by atoms with van der Waals surface area (Å²) in [5.41, 5.74) is 2.83.